The van der Waals surface area contributed by atoms with E-state index < -0.39 is 0 Å². The van der Waals surface area contributed by atoms with Crippen LogP contribution in [0.3, 0.4) is 0 Å². The van der Waals surface area contributed by atoms with E-state index in [2.05, 4.69) is 13.8 Å². The van der Waals surface area contributed by atoms with Crippen LogP contribution in [0, 0.1) is 10.8 Å². The molecule has 2 aliphatic rings. The lowest BCUT2D eigenvalue weighted by molar-refractivity contribution is -0.180. The average molecular weight is 252 g/mol. The number of rotatable bonds is 3. The normalized spacial score (nSPS) is 30.9. The summed E-state index contributed by atoms with van der Waals surface area (Å²) in [5, 5.41) is 0. The van der Waals surface area contributed by atoms with E-state index in [9.17, 15) is 4.79 Å². The van der Waals surface area contributed by atoms with E-state index in [1.54, 1.807) is 0 Å². The fraction of sp³-hybridized carbons (Fsp3) is 0.938. The van der Waals surface area contributed by atoms with Crippen LogP contribution in [-0.2, 0) is 9.53 Å². The van der Waals surface area contributed by atoms with E-state index >= 15 is 0 Å². The Bertz CT molecular complexity index is 320. The lowest BCUT2D eigenvalue weighted by Gasteiger charge is -2.42. The molecule has 0 aliphatic heterocycles. The third-order valence-corrected chi connectivity index (χ3v) is 5.75. The van der Waals surface area contributed by atoms with Crippen LogP contribution < -0.4 is 0 Å². The zero-order valence-corrected chi connectivity index (χ0v) is 12.5. The van der Waals surface area contributed by atoms with Crippen molar-refractivity contribution in [2.45, 2.75) is 84.7 Å². The van der Waals surface area contributed by atoms with Crippen molar-refractivity contribution >= 4 is 5.97 Å². The molecule has 1 spiro atoms. The van der Waals surface area contributed by atoms with Crippen molar-refractivity contribution in [3.05, 3.63) is 0 Å². The second-order valence-electron chi connectivity index (χ2n) is 7.20. The number of carbonyl (C=O) groups is 1. The summed E-state index contributed by atoms with van der Waals surface area (Å²) in [5.41, 5.74) is -0.245. The number of ether oxygens (including phenoxy) is 1. The molecule has 0 heterocycles. The molecule has 0 bridgehead atoms. The van der Waals surface area contributed by atoms with Crippen molar-refractivity contribution in [2.24, 2.45) is 10.8 Å². The zero-order valence-electron chi connectivity index (χ0n) is 12.5. The van der Waals surface area contributed by atoms with Crippen LogP contribution in [0.25, 0.3) is 0 Å². The molecule has 2 saturated carbocycles. The summed E-state index contributed by atoms with van der Waals surface area (Å²) >= 11 is 0. The maximum Gasteiger partial charge on any atom is 0.312 e. The Morgan fingerprint density at radius 2 is 1.67 bits per heavy atom. The highest BCUT2D eigenvalue weighted by Crippen LogP contribution is 2.58. The molecule has 0 N–H and O–H groups in total. The highest BCUT2D eigenvalue weighted by molar-refractivity contribution is 5.76. The minimum absolute atomic E-state index is 0.000625. The van der Waals surface area contributed by atoms with Crippen molar-refractivity contribution in [1.82, 2.24) is 0 Å². The number of hydrogen-bond acceptors (Lipinski definition) is 2. The third kappa shape index (κ3) is 2.08. The molecule has 2 aliphatic carbocycles. The van der Waals surface area contributed by atoms with Crippen molar-refractivity contribution in [1.29, 1.82) is 0 Å². The topological polar surface area (TPSA) is 26.3 Å². The minimum Gasteiger partial charge on any atom is -0.458 e. The fourth-order valence-corrected chi connectivity index (χ4v) is 3.77. The van der Waals surface area contributed by atoms with Crippen molar-refractivity contribution < 1.29 is 9.53 Å². The first kappa shape index (κ1) is 13.9. The van der Waals surface area contributed by atoms with Gasteiger partial charge in [-0.25, -0.2) is 0 Å². The first-order valence-corrected chi connectivity index (χ1v) is 7.59. The first-order valence-electron chi connectivity index (χ1n) is 7.59. The molecule has 18 heavy (non-hydrogen) atoms. The summed E-state index contributed by atoms with van der Waals surface area (Å²) in [6, 6.07) is 0. The summed E-state index contributed by atoms with van der Waals surface area (Å²) in [6.07, 6.45) is 9.49. The zero-order chi connectivity index (χ0) is 13.4. The van der Waals surface area contributed by atoms with Crippen LogP contribution in [0.5, 0.6) is 0 Å². The SMILES string of the molecule is CCC(C)(C)C(=O)OC1(C)CCCC12CCCC2. The van der Waals surface area contributed by atoms with Crippen molar-refractivity contribution in [3.8, 4) is 0 Å². The van der Waals surface area contributed by atoms with Gasteiger partial charge in [-0.15, -0.1) is 0 Å². The van der Waals surface area contributed by atoms with Crippen LogP contribution in [0.2, 0.25) is 0 Å². The summed E-state index contributed by atoms with van der Waals surface area (Å²) < 4.78 is 6.05. The Morgan fingerprint density at radius 3 is 2.22 bits per heavy atom. The molecular formula is C16H28O2. The van der Waals surface area contributed by atoms with Gasteiger partial charge >= 0.3 is 5.97 Å². The molecule has 0 aromatic carbocycles. The van der Waals surface area contributed by atoms with Crippen LogP contribution in [0.15, 0.2) is 0 Å². The molecule has 2 fully saturated rings. The molecule has 0 amide bonds. The third-order valence-electron chi connectivity index (χ3n) is 5.75. The molecule has 2 rings (SSSR count). The van der Waals surface area contributed by atoms with Crippen LogP contribution in [-0.4, -0.2) is 11.6 Å². The maximum absolute atomic E-state index is 12.4. The van der Waals surface area contributed by atoms with Crippen molar-refractivity contribution in [3.63, 3.8) is 0 Å². The molecule has 1 unspecified atom stereocenters. The van der Waals surface area contributed by atoms with Crippen LogP contribution >= 0.6 is 0 Å². The predicted molar refractivity (Wildman–Crippen MR) is 73.3 cm³/mol. The molecule has 0 aromatic rings. The number of esters is 1. The summed E-state index contributed by atoms with van der Waals surface area (Å²) in [4.78, 5) is 12.4. The van der Waals surface area contributed by atoms with Gasteiger partial charge in [0, 0.05) is 5.41 Å². The van der Waals surface area contributed by atoms with Gasteiger partial charge in [-0.05, 0) is 59.3 Å². The Hall–Kier alpha value is -0.530. The Balaban J connectivity index is 2.14. The molecule has 1 atom stereocenters. The van der Waals surface area contributed by atoms with Gasteiger partial charge in [-0.1, -0.05) is 19.8 Å². The van der Waals surface area contributed by atoms with E-state index in [0.717, 1.165) is 12.8 Å². The van der Waals surface area contributed by atoms with Gasteiger partial charge in [0.25, 0.3) is 0 Å². The van der Waals surface area contributed by atoms with Gasteiger partial charge in [0.05, 0.1) is 5.41 Å². The monoisotopic (exact) mass is 252 g/mol. The summed E-state index contributed by atoms with van der Waals surface area (Å²) in [6.45, 7) is 8.24. The van der Waals surface area contributed by atoms with Gasteiger partial charge in [0.1, 0.15) is 5.60 Å². The van der Waals surface area contributed by atoms with E-state index in [0.29, 0.717) is 5.41 Å². The maximum atomic E-state index is 12.4. The minimum atomic E-state index is -0.342. The van der Waals surface area contributed by atoms with Gasteiger partial charge in [-0.3, -0.25) is 4.79 Å². The fourth-order valence-electron chi connectivity index (χ4n) is 3.77. The Labute approximate surface area is 111 Å². The van der Waals surface area contributed by atoms with Gasteiger partial charge in [0.15, 0.2) is 0 Å². The highest BCUT2D eigenvalue weighted by atomic mass is 16.6. The Morgan fingerprint density at radius 1 is 1.11 bits per heavy atom. The van der Waals surface area contributed by atoms with E-state index in [-0.39, 0.29) is 17.0 Å². The van der Waals surface area contributed by atoms with Gasteiger partial charge < -0.3 is 4.74 Å². The molecule has 104 valence electrons. The van der Waals surface area contributed by atoms with Crippen molar-refractivity contribution in [2.75, 3.05) is 0 Å². The Kier molecular flexibility index (Phi) is 3.50. The van der Waals surface area contributed by atoms with Gasteiger partial charge in [0.2, 0.25) is 0 Å². The lowest BCUT2D eigenvalue weighted by atomic mass is 9.73. The highest BCUT2D eigenvalue weighted by Gasteiger charge is 2.56. The van der Waals surface area contributed by atoms with E-state index in [1.165, 1.54) is 38.5 Å². The lowest BCUT2D eigenvalue weighted by Crippen LogP contribution is -2.46. The second-order valence-corrected chi connectivity index (χ2v) is 7.20. The standard InChI is InChI=1S/C16H28O2/c1-5-14(2,3)13(17)18-15(4)9-8-12-16(15)10-6-7-11-16/h5-12H2,1-4H3. The molecule has 0 aromatic heterocycles. The van der Waals surface area contributed by atoms with E-state index in [1.807, 2.05) is 13.8 Å². The largest absolute Gasteiger partial charge is 0.458 e. The first-order chi connectivity index (χ1) is 8.35. The predicted octanol–water partition coefficient (Wildman–Crippen LogP) is 4.47. The summed E-state index contributed by atoms with van der Waals surface area (Å²) in [7, 11) is 0. The average Bonchev–Trinajstić information content (AvgIpc) is 2.90. The molecule has 2 nitrogen and oxygen atoms in total. The number of carbonyl (C=O) groups excluding carboxylic acids is 1. The summed E-state index contributed by atoms with van der Waals surface area (Å²) in [5.74, 6) is 0.000625. The smallest absolute Gasteiger partial charge is 0.312 e. The van der Waals surface area contributed by atoms with Crippen LogP contribution in [0.1, 0.15) is 79.1 Å². The van der Waals surface area contributed by atoms with Gasteiger partial charge in [-0.2, -0.15) is 0 Å². The molecule has 0 radical (unpaired) electrons. The molecule has 2 heteroatoms. The molecule has 0 saturated heterocycles. The van der Waals surface area contributed by atoms with Crippen LogP contribution in [0.4, 0.5) is 0 Å². The molecular weight excluding hydrogens is 224 g/mol. The van der Waals surface area contributed by atoms with E-state index in [4.69, 9.17) is 4.74 Å². The quantitative estimate of drug-likeness (QED) is 0.693. The number of hydrogen-bond donors (Lipinski definition) is 0. The second kappa shape index (κ2) is 4.54.